The maximum atomic E-state index is 12.3. The Kier molecular flexibility index (Phi) is 4.10. The number of carbonyl (C=O) groups excluding carboxylic acids is 1. The number of ether oxygens (including phenoxy) is 1. The van der Waals surface area contributed by atoms with E-state index in [9.17, 15) is 4.79 Å². The van der Waals surface area contributed by atoms with Gasteiger partial charge in [-0.2, -0.15) is 5.10 Å². The third-order valence-corrected chi connectivity index (χ3v) is 3.48. The van der Waals surface area contributed by atoms with Gasteiger partial charge in [0.15, 0.2) is 0 Å². The summed E-state index contributed by atoms with van der Waals surface area (Å²) in [7, 11) is 1.58. The Morgan fingerprint density at radius 3 is 2.57 bits per heavy atom. The summed E-state index contributed by atoms with van der Waals surface area (Å²) in [4.78, 5) is 12.3. The molecular formula is C18H17N3O2. The van der Waals surface area contributed by atoms with E-state index in [0.717, 1.165) is 22.6 Å². The van der Waals surface area contributed by atoms with Crippen LogP contribution < -0.4 is 10.1 Å². The lowest BCUT2D eigenvalue weighted by molar-refractivity contribution is 0.102. The minimum Gasteiger partial charge on any atom is -0.497 e. The molecule has 2 N–H and O–H groups in total. The van der Waals surface area contributed by atoms with Gasteiger partial charge in [-0.15, -0.1) is 0 Å². The summed E-state index contributed by atoms with van der Waals surface area (Å²) in [5.74, 6) is 0.481. The van der Waals surface area contributed by atoms with Crippen molar-refractivity contribution in [2.75, 3.05) is 12.4 Å². The quantitative estimate of drug-likeness (QED) is 0.773. The molecule has 0 aliphatic rings. The number of carbonyl (C=O) groups is 1. The van der Waals surface area contributed by atoms with Crippen molar-refractivity contribution >= 4 is 11.6 Å². The number of anilines is 1. The molecule has 1 amide bonds. The number of hydrogen-bond acceptors (Lipinski definition) is 3. The van der Waals surface area contributed by atoms with Crippen LogP contribution in [0.3, 0.4) is 0 Å². The highest BCUT2D eigenvalue weighted by Gasteiger charge is 2.08. The first-order valence-corrected chi connectivity index (χ1v) is 7.23. The standard InChI is InChI=1S/C18H17N3O2/c1-12-10-17(21-20-12)13-6-8-15(9-7-13)19-18(22)14-4-3-5-16(11-14)23-2/h3-11H,1-2H3,(H,19,22)(H,20,21). The van der Waals surface area contributed by atoms with Crippen molar-refractivity contribution in [1.29, 1.82) is 0 Å². The summed E-state index contributed by atoms with van der Waals surface area (Å²) in [5, 5.41) is 10.0. The van der Waals surface area contributed by atoms with Crippen LogP contribution in [0.4, 0.5) is 5.69 Å². The minimum absolute atomic E-state index is 0.174. The lowest BCUT2D eigenvalue weighted by atomic mass is 10.1. The zero-order chi connectivity index (χ0) is 16.2. The predicted molar refractivity (Wildman–Crippen MR) is 89.7 cm³/mol. The molecule has 0 spiro atoms. The van der Waals surface area contributed by atoms with Crippen LogP contribution in [0.25, 0.3) is 11.3 Å². The molecule has 0 bridgehead atoms. The fraction of sp³-hybridized carbons (Fsp3) is 0.111. The fourth-order valence-electron chi connectivity index (χ4n) is 2.26. The van der Waals surface area contributed by atoms with Crippen molar-refractivity contribution in [3.8, 4) is 17.0 Å². The number of amides is 1. The Hall–Kier alpha value is -3.08. The number of aryl methyl sites for hydroxylation is 1. The molecule has 0 fully saturated rings. The first kappa shape index (κ1) is 14.8. The minimum atomic E-state index is -0.174. The Morgan fingerprint density at radius 1 is 1.13 bits per heavy atom. The van der Waals surface area contributed by atoms with Crippen molar-refractivity contribution < 1.29 is 9.53 Å². The van der Waals surface area contributed by atoms with Gasteiger partial charge < -0.3 is 10.1 Å². The maximum absolute atomic E-state index is 12.3. The molecule has 1 heterocycles. The molecule has 3 rings (SSSR count). The third kappa shape index (κ3) is 3.40. The number of rotatable bonds is 4. The largest absolute Gasteiger partial charge is 0.497 e. The van der Waals surface area contributed by atoms with Gasteiger partial charge in [0, 0.05) is 22.5 Å². The lowest BCUT2D eigenvalue weighted by Gasteiger charge is -2.07. The molecule has 1 aromatic heterocycles. The third-order valence-electron chi connectivity index (χ3n) is 3.48. The topological polar surface area (TPSA) is 67.0 Å². The molecule has 0 atom stereocenters. The number of aromatic nitrogens is 2. The number of H-pyrrole nitrogens is 1. The molecule has 5 heteroatoms. The van der Waals surface area contributed by atoms with Crippen molar-refractivity contribution in [3.63, 3.8) is 0 Å². The Labute approximate surface area is 134 Å². The van der Waals surface area contributed by atoms with E-state index < -0.39 is 0 Å². The molecule has 0 saturated heterocycles. The average molecular weight is 307 g/mol. The molecule has 0 radical (unpaired) electrons. The number of nitrogens with one attached hydrogen (secondary N) is 2. The van der Waals surface area contributed by atoms with Crippen molar-refractivity contribution in [3.05, 3.63) is 65.9 Å². The molecule has 0 aliphatic carbocycles. The molecule has 0 unspecified atom stereocenters. The summed E-state index contributed by atoms with van der Waals surface area (Å²) >= 11 is 0. The van der Waals surface area contributed by atoms with Crippen molar-refractivity contribution in [2.24, 2.45) is 0 Å². The average Bonchev–Trinajstić information content (AvgIpc) is 3.02. The first-order valence-electron chi connectivity index (χ1n) is 7.23. The molecule has 0 aliphatic heterocycles. The van der Waals surface area contributed by atoms with Gasteiger partial charge in [-0.25, -0.2) is 0 Å². The fourth-order valence-corrected chi connectivity index (χ4v) is 2.26. The van der Waals surface area contributed by atoms with E-state index >= 15 is 0 Å². The number of hydrogen-bond donors (Lipinski definition) is 2. The highest BCUT2D eigenvalue weighted by molar-refractivity contribution is 6.04. The summed E-state index contributed by atoms with van der Waals surface area (Å²) < 4.78 is 5.13. The second-order valence-corrected chi connectivity index (χ2v) is 5.20. The smallest absolute Gasteiger partial charge is 0.255 e. The number of methoxy groups -OCH3 is 1. The Balaban J connectivity index is 1.73. The van der Waals surface area contributed by atoms with E-state index in [-0.39, 0.29) is 5.91 Å². The van der Waals surface area contributed by atoms with Crippen molar-refractivity contribution in [1.82, 2.24) is 10.2 Å². The van der Waals surface area contributed by atoms with Crippen molar-refractivity contribution in [2.45, 2.75) is 6.92 Å². The van der Waals surface area contributed by atoms with Crippen LogP contribution in [0.1, 0.15) is 16.1 Å². The van der Waals surface area contributed by atoms with Crippen LogP contribution in [-0.2, 0) is 0 Å². The second-order valence-electron chi connectivity index (χ2n) is 5.20. The van der Waals surface area contributed by atoms with Gasteiger partial charge in [0.05, 0.1) is 12.8 Å². The Bertz CT molecular complexity index is 822. The van der Waals surface area contributed by atoms with E-state index in [1.54, 1.807) is 31.4 Å². The highest BCUT2D eigenvalue weighted by atomic mass is 16.5. The zero-order valence-electron chi connectivity index (χ0n) is 13.0. The zero-order valence-corrected chi connectivity index (χ0v) is 13.0. The van der Waals surface area contributed by atoms with Gasteiger partial charge in [-0.05, 0) is 43.3 Å². The van der Waals surface area contributed by atoms with Crippen LogP contribution >= 0.6 is 0 Å². The molecule has 23 heavy (non-hydrogen) atoms. The Morgan fingerprint density at radius 2 is 1.91 bits per heavy atom. The van der Waals surface area contributed by atoms with E-state index in [0.29, 0.717) is 11.3 Å². The summed E-state index contributed by atoms with van der Waals surface area (Å²) in [6, 6.07) is 16.6. The van der Waals surface area contributed by atoms with Crippen LogP contribution in [-0.4, -0.2) is 23.2 Å². The highest BCUT2D eigenvalue weighted by Crippen LogP contribution is 2.21. The van der Waals surface area contributed by atoms with E-state index in [4.69, 9.17) is 4.74 Å². The van der Waals surface area contributed by atoms with E-state index in [1.807, 2.05) is 37.3 Å². The van der Waals surface area contributed by atoms with Gasteiger partial charge in [0.1, 0.15) is 5.75 Å². The van der Waals surface area contributed by atoms with Crippen LogP contribution in [0.5, 0.6) is 5.75 Å². The van der Waals surface area contributed by atoms with E-state index in [1.165, 1.54) is 0 Å². The summed E-state index contributed by atoms with van der Waals surface area (Å²) in [6.45, 7) is 1.96. The monoisotopic (exact) mass is 307 g/mol. The van der Waals surface area contributed by atoms with Crippen LogP contribution in [0, 0.1) is 6.92 Å². The summed E-state index contributed by atoms with van der Waals surface area (Å²) in [6.07, 6.45) is 0. The molecule has 5 nitrogen and oxygen atoms in total. The van der Waals surface area contributed by atoms with Gasteiger partial charge >= 0.3 is 0 Å². The SMILES string of the molecule is COc1cccc(C(=O)Nc2ccc(-c3cc(C)[nH]n3)cc2)c1. The number of nitrogens with zero attached hydrogens (tertiary/aromatic N) is 1. The van der Waals surface area contributed by atoms with Crippen LogP contribution in [0.2, 0.25) is 0 Å². The van der Waals surface area contributed by atoms with Crippen LogP contribution in [0.15, 0.2) is 54.6 Å². The van der Waals surface area contributed by atoms with Gasteiger partial charge in [0.2, 0.25) is 0 Å². The number of benzene rings is 2. The van der Waals surface area contributed by atoms with Gasteiger partial charge in [0.25, 0.3) is 5.91 Å². The summed E-state index contributed by atoms with van der Waals surface area (Å²) in [5.41, 5.74) is 4.17. The second kappa shape index (κ2) is 6.36. The molecule has 3 aromatic rings. The van der Waals surface area contributed by atoms with E-state index in [2.05, 4.69) is 15.5 Å². The molecule has 0 saturated carbocycles. The normalized spacial score (nSPS) is 10.3. The lowest BCUT2D eigenvalue weighted by Crippen LogP contribution is -2.11. The van der Waals surface area contributed by atoms with Gasteiger partial charge in [-0.1, -0.05) is 18.2 Å². The molecule has 2 aromatic carbocycles. The molecule has 116 valence electrons. The first-order chi connectivity index (χ1) is 11.2. The number of aromatic amines is 1. The molecular weight excluding hydrogens is 290 g/mol. The van der Waals surface area contributed by atoms with Gasteiger partial charge in [-0.3, -0.25) is 9.89 Å². The maximum Gasteiger partial charge on any atom is 0.255 e. The predicted octanol–water partition coefficient (Wildman–Crippen LogP) is 3.65.